The molecule has 6 nitrogen and oxygen atoms in total. The third-order valence-corrected chi connectivity index (χ3v) is 3.54. The Morgan fingerprint density at radius 3 is 2.32 bits per heavy atom. The third-order valence-electron chi connectivity index (χ3n) is 3.23. The van der Waals surface area contributed by atoms with Crippen LogP contribution in [-0.2, 0) is 4.74 Å². The number of ether oxygens (including phenoxy) is 1. The summed E-state index contributed by atoms with van der Waals surface area (Å²) in [5.41, 5.74) is 4.16. The number of alkyl carbamates (subject to hydrolysis) is 1. The molecule has 0 aromatic heterocycles. The Hall–Kier alpha value is -2.59. The van der Waals surface area contributed by atoms with Crippen molar-refractivity contribution in [3.63, 3.8) is 0 Å². The normalized spacial score (nSPS) is 11.6. The number of aryl methyl sites for hydroxylation is 2. The van der Waals surface area contributed by atoms with Crippen LogP contribution in [0.15, 0.2) is 23.5 Å². The Bertz CT molecular complexity index is 686. The van der Waals surface area contributed by atoms with E-state index in [0.717, 1.165) is 22.5 Å². The minimum absolute atomic E-state index is 0.0113. The topological polar surface area (TPSA) is 86.2 Å². The van der Waals surface area contributed by atoms with Crippen LogP contribution >= 0.6 is 12.2 Å². The zero-order valence-corrected chi connectivity index (χ0v) is 13.4. The number of carbonyl (C=O) groups is 1. The van der Waals surface area contributed by atoms with E-state index in [0.29, 0.717) is 5.82 Å². The van der Waals surface area contributed by atoms with Crippen LogP contribution in [0.25, 0.3) is 0 Å². The summed E-state index contributed by atoms with van der Waals surface area (Å²) in [5.74, 6) is 0.448. The molecule has 0 fully saturated rings. The molecule has 114 valence electrons. The number of nitrogens with zero attached hydrogens (tertiary/aromatic N) is 1. The number of hydrogen-bond acceptors (Lipinski definition) is 6. The maximum Gasteiger partial charge on any atom is 0.412 e. The number of carbonyl (C=O) groups excluding carboxylic acids is 1. The van der Waals surface area contributed by atoms with Crippen molar-refractivity contribution in [2.45, 2.75) is 20.8 Å². The van der Waals surface area contributed by atoms with Gasteiger partial charge in [-0.2, -0.15) is 5.26 Å². The quantitative estimate of drug-likeness (QED) is 0.442. The summed E-state index contributed by atoms with van der Waals surface area (Å²) in [6.07, 6.45) is -0.678. The molecule has 0 saturated heterocycles. The van der Waals surface area contributed by atoms with Gasteiger partial charge in [-0.05, 0) is 44.0 Å². The van der Waals surface area contributed by atoms with Gasteiger partial charge in [0.25, 0.3) is 0 Å². The van der Waals surface area contributed by atoms with Crippen LogP contribution in [0.3, 0.4) is 0 Å². The van der Waals surface area contributed by atoms with Gasteiger partial charge in [0, 0.05) is 0 Å². The van der Waals surface area contributed by atoms with E-state index in [1.807, 2.05) is 32.0 Å². The fourth-order valence-electron chi connectivity index (χ4n) is 1.99. The number of amides is 1. The number of hydrogen-bond donors (Lipinski definition) is 3. The van der Waals surface area contributed by atoms with E-state index >= 15 is 0 Å². The molecule has 0 saturated carbocycles. The maximum absolute atomic E-state index is 11.4. The van der Waals surface area contributed by atoms with E-state index in [2.05, 4.69) is 16.0 Å². The molecular formula is C15H16N4O2S. The molecule has 3 N–H and O–H groups in total. The monoisotopic (exact) mass is 316 g/mol. The minimum Gasteiger partial charge on any atom is -0.450 e. The number of thiocarbonyl (C=S) groups is 1. The molecule has 0 radical (unpaired) electrons. The van der Waals surface area contributed by atoms with Gasteiger partial charge in [-0.3, -0.25) is 5.32 Å². The summed E-state index contributed by atoms with van der Waals surface area (Å²) < 4.78 is 4.75. The average molecular weight is 316 g/mol. The molecule has 0 spiro atoms. The summed E-state index contributed by atoms with van der Waals surface area (Å²) >= 11 is 5.09. The first kappa shape index (κ1) is 15.8. The van der Waals surface area contributed by atoms with Crippen LogP contribution in [0.2, 0.25) is 0 Å². The highest BCUT2D eigenvalue weighted by Gasteiger charge is 2.22. The number of benzene rings is 1. The van der Waals surface area contributed by atoms with Gasteiger partial charge in [-0.25, -0.2) is 4.79 Å². The fourth-order valence-corrected chi connectivity index (χ4v) is 2.22. The van der Waals surface area contributed by atoms with Crippen LogP contribution in [0, 0.1) is 25.2 Å². The summed E-state index contributed by atoms with van der Waals surface area (Å²) in [6, 6.07) is 5.97. The molecule has 0 atom stereocenters. The Balaban J connectivity index is 2.25. The van der Waals surface area contributed by atoms with Gasteiger partial charge in [-0.1, -0.05) is 12.2 Å². The molecule has 22 heavy (non-hydrogen) atoms. The van der Waals surface area contributed by atoms with Crippen LogP contribution < -0.4 is 16.0 Å². The molecule has 1 amide bonds. The first-order valence-electron chi connectivity index (χ1n) is 6.74. The lowest BCUT2D eigenvalue weighted by molar-refractivity contribution is 0.158. The highest BCUT2D eigenvalue weighted by atomic mass is 32.1. The van der Waals surface area contributed by atoms with E-state index in [1.165, 1.54) is 0 Å². The van der Waals surface area contributed by atoms with E-state index in [1.54, 1.807) is 6.92 Å². The largest absolute Gasteiger partial charge is 0.450 e. The summed E-state index contributed by atoms with van der Waals surface area (Å²) in [6.45, 7) is 5.94. The van der Waals surface area contributed by atoms with Crippen LogP contribution in [0.4, 0.5) is 16.2 Å². The first-order chi connectivity index (χ1) is 10.5. The van der Waals surface area contributed by atoms with Gasteiger partial charge >= 0.3 is 6.09 Å². The highest BCUT2D eigenvalue weighted by Crippen LogP contribution is 2.34. The standard InChI is InChI=1S/C15H16N4O2S/c1-4-21-15(20)19-14(22)10(7-16)13-17-11-5-8(2)9(3)6-12(11)18-13/h5-6,17-18H,4H2,1-3H3,(H,19,20,22). The van der Waals surface area contributed by atoms with Crippen molar-refractivity contribution >= 4 is 34.7 Å². The zero-order valence-electron chi connectivity index (χ0n) is 12.5. The van der Waals surface area contributed by atoms with Crippen molar-refractivity contribution in [3.05, 3.63) is 34.7 Å². The first-order valence-corrected chi connectivity index (χ1v) is 7.14. The Labute approximate surface area is 134 Å². The van der Waals surface area contributed by atoms with Gasteiger partial charge in [0.2, 0.25) is 0 Å². The SMILES string of the molecule is CCOC(=O)NC(=S)C(C#N)=C1Nc2cc(C)c(C)cc2N1. The second-order valence-corrected chi connectivity index (χ2v) is 5.18. The summed E-state index contributed by atoms with van der Waals surface area (Å²) in [4.78, 5) is 11.4. The molecule has 1 aromatic carbocycles. The van der Waals surface area contributed by atoms with E-state index in [-0.39, 0.29) is 17.2 Å². The molecule has 1 aromatic rings. The van der Waals surface area contributed by atoms with Crippen LogP contribution in [-0.4, -0.2) is 17.7 Å². The summed E-state index contributed by atoms with van der Waals surface area (Å²) in [7, 11) is 0. The zero-order chi connectivity index (χ0) is 16.3. The van der Waals surface area contributed by atoms with Crippen molar-refractivity contribution in [2.75, 3.05) is 17.2 Å². The van der Waals surface area contributed by atoms with Crippen LogP contribution in [0.1, 0.15) is 18.1 Å². The number of nitrogens with one attached hydrogen (secondary N) is 3. The third kappa shape index (κ3) is 3.18. The van der Waals surface area contributed by atoms with Gasteiger partial charge in [-0.15, -0.1) is 0 Å². The average Bonchev–Trinajstić information content (AvgIpc) is 2.82. The Morgan fingerprint density at radius 2 is 1.86 bits per heavy atom. The lowest BCUT2D eigenvalue weighted by Gasteiger charge is -2.08. The van der Waals surface area contributed by atoms with Crippen molar-refractivity contribution in [3.8, 4) is 6.07 Å². The highest BCUT2D eigenvalue weighted by molar-refractivity contribution is 7.80. The lowest BCUT2D eigenvalue weighted by atomic mass is 10.1. The fraction of sp³-hybridized carbons (Fsp3) is 0.267. The van der Waals surface area contributed by atoms with Gasteiger partial charge in [0.05, 0.1) is 18.0 Å². The van der Waals surface area contributed by atoms with Gasteiger partial charge < -0.3 is 15.4 Å². The van der Waals surface area contributed by atoms with E-state index in [9.17, 15) is 10.1 Å². The van der Waals surface area contributed by atoms with Gasteiger partial charge in [0.15, 0.2) is 0 Å². The predicted molar refractivity (Wildman–Crippen MR) is 88.6 cm³/mol. The molecule has 0 bridgehead atoms. The van der Waals surface area contributed by atoms with E-state index in [4.69, 9.17) is 17.0 Å². The molecule has 0 aliphatic carbocycles. The van der Waals surface area contributed by atoms with Crippen molar-refractivity contribution in [1.82, 2.24) is 5.32 Å². The van der Waals surface area contributed by atoms with Crippen molar-refractivity contribution < 1.29 is 9.53 Å². The predicted octanol–water partition coefficient (Wildman–Crippen LogP) is 2.95. The Kier molecular flexibility index (Phi) is 4.63. The molecule has 1 heterocycles. The second kappa shape index (κ2) is 6.45. The van der Waals surface area contributed by atoms with Crippen LogP contribution in [0.5, 0.6) is 0 Å². The number of nitriles is 1. The molecule has 1 aliphatic heterocycles. The van der Waals surface area contributed by atoms with Gasteiger partial charge in [0.1, 0.15) is 22.5 Å². The smallest absolute Gasteiger partial charge is 0.412 e. The Morgan fingerprint density at radius 1 is 1.32 bits per heavy atom. The molecule has 7 heteroatoms. The van der Waals surface area contributed by atoms with E-state index < -0.39 is 6.09 Å². The maximum atomic E-state index is 11.4. The molecule has 1 aliphatic rings. The number of rotatable bonds is 2. The van der Waals surface area contributed by atoms with Crippen molar-refractivity contribution in [2.24, 2.45) is 0 Å². The lowest BCUT2D eigenvalue weighted by Crippen LogP contribution is -2.32. The summed E-state index contributed by atoms with van der Waals surface area (Å²) in [5, 5.41) is 17.9. The molecular weight excluding hydrogens is 300 g/mol. The second-order valence-electron chi connectivity index (χ2n) is 4.77. The number of anilines is 2. The van der Waals surface area contributed by atoms with Crippen molar-refractivity contribution in [1.29, 1.82) is 5.26 Å². The minimum atomic E-state index is -0.678. The molecule has 0 unspecified atom stereocenters. The molecule has 2 rings (SSSR count). The number of fused-ring (bicyclic) bond motifs is 1.